The number of carbonyl (C=O) groups is 1. The van der Waals surface area contributed by atoms with Gasteiger partial charge in [-0.3, -0.25) is 0 Å². The molecule has 92 valence electrons. The average molecular weight is 235 g/mol. The van der Waals surface area contributed by atoms with E-state index >= 15 is 0 Å². The van der Waals surface area contributed by atoms with Gasteiger partial charge in [-0.15, -0.1) is 0 Å². The Kier molecular flexibility index (Phi) is 2.73. The van der Waals surface area contributed by atoms with Crippen molar-refractivity contribution in [2.45, 2.75) is 26.4 Å². The number of ether oxygens (including phenoxy) is 2. The van der Waals surface area contributed by atoms with Gasteiger partial charge < -0.3 is 14.8 Å². The van der Waals surface area contributed by atoms with E-state index in [9.17, 15) is 4.79 Å². The van der Waals surface area contributed by atoms with E-state index in [2.05, 4.69) is 5.32 Å². The summed E-state index contributed by atoms with van der Waals surface area (Å²) in [7, 11) is 1.63. The number of hydrogen-bond acceptors (Lipinski definition) is 3. The lowest BCUT2D eigenvalue weighted by Crippen LogP contribution is -2.27. The molecule has 1 aliphatic heterocycles. The molecule has 0 spiro atoms. The van der Waals surface area contributed by atoms with E-state index in [1.54, 1.807) is 7.11 Å². The molecule has 1 aromatic carbocycles. The predicted molar refractivity (Wildman–Crippen MR) is 64.3 cm³/mol. The van der Waals surface area contributed by atoms with E-state index in [1.807, 2.05) is 32.9 Å². The minimum atomic E-state index is -0.652. The first-order valence-corrected chi connectivity index (χ1v) is 5.59. The first-order chi connectivity index (χ1) is 7.96. The summed E-state index contributed by atoms with van der Waals surface area (Å²) in [6.07, 6.45) is -0.382. The zero-order valence-electron chi connectivity index (χ0n) is 10.6. The Labute approximate surface area is 101 Å². The van der Waals surface area contributed by atoms with E-state index in [-0.39, 0.29) is 6.09 Å². The summed E-state index contributed by atoms with van der Waals surface area (Å²) in [5.41, 5.74) is 2.57. The van der Waals surface area contributed by atoms with Gasteiger partial charge >= 0.3 is 6.09 Å². The molecule has 1 amide bonds. The molecule has 1 aliphatic rings. The molecule has 0 aromatic heterocycles. The van der Waals surface area contributed by atoms with Gasteiger partial charge in [0.2, 0.25) is 0 Å². The number of nitrogens with one attached hydrogen (secondary N) is 1. The van der Waals surface area contributed by atoms with E-state index < -0.39 is 5.60 Å². The molecule has 1 atom stereocenters. The van der Waals surface area contributed by atoms with Crippen molar-refractivity contribution in [3.63, 3.8) is 0 Å². The number of methoxy groups -OCH3 is 1. The first-order valence-electron chi connectivity index (χ1n) is 5.59. The van der Waals surface area contributed by atoms with Crippen molar-refractivity contribution in [3.05, 3.63) is 28.8 Å². The predicted octanol–water partition coefficient (Wildman–Crippen LogP) is 2.27. The third-order valence-electron chi connectivity index (χ3n) is 3.27. The number of alkyl carbamates (subject to hydrolysis) is 1. The average Bonchev–Trinajstić information content (AvgIpc) is 2.63. The van der Waals surface area contributed by atoms with Crippen molar-refractivity contribution in [2.24, 2.45) is 0 Å². The normalized spacial score (nSPS) is 23.2. The topological polar surface area (TPSA) is 47.6 Å². The Morgan fingerprint density at radius 3 is 2.53 bits per heavy atom. The molecule has 4 heteroatoms. The molecule has 0 bridgehead atoms. The molecule has 17 heavy (non-hydrogen) atoms. The molecule has 2 rings (SSSR count). The van der Waals surface area contributed by atoms with Crippen LogP contribution in [0, 0.1) is 13.8 Å². The van der Waals surface area contributed by atoms with Crippen LogP contribution in [0.4, 0.5) is 4.79 Å². The highest BCUT2D eigenvalue weighted by molar-refractivity contribution is 5.71. The van der Waals surface area contributed by atoms with Gasteiger partial charge in [0.15, 0.2) is 5.60 Å². The molecular weight excluding hydrogens is 218 g/mol. The van der Waals surface area contributed by atoms with Crippen molar-refractivity contribution >= 4 is 6.09 Å². The number of benzene rings is 1. The third-order valence-corrected chi connectivity index (χ3v) is 3.27. The minimum Gasteiger partial charge on any atom is -0.496 e. The van der Waals surface area contributed by atoms with E-state index in [0.29, 0.717) is 6.54 Å². The Morgan fingerprint density at radius 1 is 1.35 bits per heavy atom. The van der Waals surface area contributed by atoms with Crippen molar-refractivity contribution < 1.29 is 14.3 Å². The maximum atomic E-state index is 11.2. The molecule has 0 aliphatic carbocycles. The molecule has 1 saturated heterocycles. The second-order valence-corrected chi connectivity index (χ2v) is 4.61. The SMILES string of the molecule is COc1cc(C)c(C)cc1C1(C)CNC(=O)O1. The number of carbonyl (C=O) groups excluding carboxylic acids is 1. The fourth-order valence-electron chi connectivity index (χ4n) is 2.04. The number of aryl methyl sites for hydroxylation is 2. The quantitative estimate of drug-likeness (QED) is 0.855. The van der Waals surface area contributed by atoms with Crippen LogP contribution in [0.15, 0.2) is 12.1 Å². The molecule has 1 aromatic rings. The van der Waals surface area contributed by atoms with Crippen molar-refractivity contribution in [3.8, 4) is 5.75 Å². The van der Waals surface area contributed by atoms with Crippen LogP contribution in [0.3, 0.4) is 0 Å². The smallest absolute Gasteiger partial charge is 0.408 e. The summed E-state index contributed by atoms with van der Waals surface area (Å²) in [6.45, 7) is 6.41. The van der Waals surface area contributed by atoms with E-state index in [1.165, 1.54) is 0 Å². The summed E-state index contributed by atoms with van der Waals surface area (Å²) in [4.78, 5) is 11.2. The molecule has 1 heterocycles. The number of rotatable bonds is 2. The molecule has 0 saturated carbocycles. The molecule has 1 unspecified atom stereocenters. The van der Waals surface area contributed by atoms with Crippen LogP contribution >= 0.6 is 0 Å². The third kappa shape index (κ3) is 1.95. The Morgan fingerprint density at radius 2 is 2.00 bits per heavy atom. The molecular formula is C13H17NO3. The fraction of sp³-hybridized carbons (Fsp3) is 0.462. The summed E-state index contributed by atoms with van der Waals surface area (Å²) in [5, 5.41) is 2.68. The van der Waals surface area contributed by atoms with Gasteiger partial charge in [-0.25, -0.2) is 4.79 Å². The summed E-state index contributed by atoms with van der Waals surface area (Å²) >= 11 is 0. The highest BCUT2D eigenvalue weighted by atomic mass is 16.6. The Balaban J connectivity index is 2.51. The van der Waals surface area contributed by atoms with Crippen molar-refractivity contribution in [1.29, 1.82) is 0 Å². The minimum absolute atomic E-state index is 0.382. The number of hydrogen-bond donors (Lipinski definition) is 1. The summed E-state index contributed by atoms with van der Waals surface area (Å²) in [5.74, 6) is 0.757. The van der Waals surface area contributed by atoms with Gasteiger partial charge in [0.25, 0.3) is 0 Å². The molecule has 1 N–H and O–H groups in total. The molecule has 0 radical (unpaired) electrons. The van der Waals surface area contributed by atoms with Crippen LogP contribution < -0.4 is 10.1 Å². The van der Waals surface area contributed by atoms with Gasteiger partial charge in [-0.05, 0) is 44.0 Å². The van der Waals surface area contributed by atoms with Crippen LogP contribution in [-0.4, -0.2) is 19.7 Å². The highest BCUT2D eigenvalue weighted by Crippen LogP contribution is 2.36. The maximum absolute atomic E-state index is 11.2. The Hall–Kier alpha value is -1.71. The second-order valence-electron chi connectivity index (χ2n) is 4.61. The lowest BCUT2D eigenvalue weighted by molar-refractivity contribution is 0.0683. The van der Waals surface area contributed by atoms with Gasteiger partial charge in [-0.2, -0.15) is 0 Å². The Bertz CT molecular complexity index is 470. The van der Waals surface area contributed by atoms with Crippen molar-refractivity contribution in [2.75, 3.05) is 13.7 Å². The van der Waals surface area contributed by atoms with E-state index in [0.717, 1.165) is 22.4 Å². The molecule has 4 nitrogen and oxygen atoms in total. The van der Waals surface area contributed by atoms with Gasteiger partial charge in [0, 0.05) is 5.56 Å². The highest BCUT2D eigenvalue weighted by Gasteiger charge is 2.39. The fourth-order valence-corrected chi connectivity index (χ4v) is 2.04. The first kappa shape index (κ1) is 11.8. The summed E-state index contributed by atoms with van der Waals surface area (Å²) in [6, 6.07) is 4.00. The van der Waals surface area contributed by atoms with E-state index in [4.69, 9.17) is 9.47 Å². The number of cyclic esters (lactones) is 1. The standard InChI is InChI=1S/C13H17NO3/c1-8-5-10(11(16-4)6-9(8)2)13(3)7-14-12(15)17-13/h5-6H,7H2,1-4H3,(H,14,15). The van der Waals surface area contributed by atoms with Crippen LogP contribution in [0.1, 0.15) is 23.6 Å². The van der Waals surface area contributed by atoms with Crippen LogP contribution in [-0.2, 0) is 10.3 Å². The zero-order chi connectivity index (χ0) is 12.6. The lowest BCUT2D eigenvalue weighted by Gasteiger charge is -2.24. The second kappa shape index (κ2) is 3.95. The lowest BCUT2D eigenvalue weighted by atomic mass is 9.92. The number of amides is 1. The van der Waals surface area contributed by atoms with Gasteiger partial charge in [0.05, 0.1) is 13.7 Å². The summed E-state index contributed by atoms with van der Waals surface area (Å²) < 4.78 is 10.7. The van der Waals surface area contributed by atoms with Crippen molar-refractivity contribution in [1.82, 2.24) is 5.32 Å². The zero-order valence-corrected chi connectivity index (χ0v) is 10.6. The van der Waals surface area contributed by atoms with Crippen LogP contribution in [0.5, 0.6) is 5.75 Å². The van der Waals surface area contributed by atoms with Gasteiger partial charge in [0.1, 0.15) is 5.75 Å². The van der Waals surface area contributed by atoms with Gasteiger partial charge in [-0.1, -0.05) is 0 Å². The van der Waals surface area contributed by atoms with Crippen LogP contribution in [0.25, 0.3) is 0 Å². The van der Waals surface area contributed by atoms with Crippen LogP contribution in [0.2, 0.25) is 0 Å². The largest absolute Gasteiger partial charge is 0.496 e. The maximum Gasteiger partial charge on any atom is 0.408 e. The monoisotopic (exact) mass is 235 g/mol. The molecule has 1 fully saturated rings.